The Labute approximate surface area is 126 Å². The molecule has 5 nitrogen and oxygen atoms in total. The second-order valence-corrected chi connectivity index (χ2v) is 6.74. The molecule has 3 rings (SSSR count). The van der Waals surface area contributed by atoms with Crippen molar-refractivity contribution in [2.24, 2.45) is 0 Å². The lowest BCUT2D eigenvalue weighted by molar-refractivity contribution is 0.311. The van der Waals surface area contributed by atoms with E-state index < -0.39 is 0 Å². The topological polar surface area (TPSA) is 61.3 Å². The molecule has 20 heavy (non-hydrogen) atoms. The first-order chi connectivity index (χ1) is 9.72. The molecule has 0 spiro atoms. The summed E-state index contributed by atoms with van der Waals surface area (Å²) in [6.45, 7) is 2.69. The smallest absolute Gasteiger partial charge is 0.190 e. The van der Waals surface area contributed by atoms with E-state index in [1.54, 1.807) is 23.1 Å². The van der Waals surface area contributed by atoms with Gasteiger partial charge >= 0.3 is 0 Å². The minimum absolute atomic E-state index is 0.106. The molecule has 0 amide bonds. The Morgan fingerprint density at radius 3 is 3.05 bits per heavy atom. The number of hydrogen-bond acceptors (Lipinski definition) is 7. The predicted octanol–water partition coefficient (Wildman–Crippen LogP) is 1.81. The average Bonchev–Trinajstić information content (AvgIpc) is 2.81. The lowest BCUT2D eigenvalue weighted by Crippen LogP contribution is -2.25. The number of fused-ring (bicyclic) bond motifs is 3. The molecule has 2 aromatic rings. The van der Waals surface area contributed by atoms with Crippen molar-refractivity contribution < 1.29 is 5.11 Å². The zero-order valence-electron chi connectivity index (χ0n) is 11.6. The van der Waals surface area contributed by atoms with Gasteiger partial charge in [0, 0.05) is 24.5 Å². The van der Waals surface area contributed by atoms with Gasteiger partial charge in [0.2, 0.25) is 0 Å². The van der Waals surface area contributed by atoms with Crippen molar-refractivity contribution in [1.82, 2.24) is 14.9 Å². The summed E-state index contributed by atoms with van der Waals surface area (Å²) < 4.78 is 0. The molecule has 108 valence electrons. The van der Waals surface area contributed by atoms with Gasteiger partial charge in [-0.1, -0.05) is 11.8 Å². The van der Waals surface area contributed by atoms with Gasteiger partial charge in [0.15, 0.2) is 5.16 Å². The SMILES string of the molecule is CSc1nc(NCCO)c2c3c(sc2n1)CN(C)CC3. The summed E-state index contributed by atoms with van der Waals surface area (Å²) in [6.07, 6.45) is 3.03. The highest BCUT2D eigenvalue weighted by atomic mass is 32.2. The molecule has 1 aliphatic heterocycles. The van der Waals surface area contributed by atoms with Crippen LogP contribution in [0, 0.1) is 0 Å². The molecule has 0 bridgehead atoms. The minimum atomic E-state index is 0.106. The third kappa shape index (κ3) is 2.50. The summed E-state index contributed by atoms with van der Waals surface area (Å²) in [4.78, 5) is 14.0. The van der Waals surface area contributed by atoms with E-state index in [0.717, 1.165) is 40.7 Å². The van der Waals surface area contributed by atoms with Gasteiger partial charge in [-0.2, -0.15) is 0 Å². The number of likely N-dealkylation sites (N-methyl/N-ethyl adjacent to an activating group) is 1. The molecule has 1 aliphatic rings. The molecule has 7 heteroatoms. The Kier molecular flexibility index (Phi) is 4.11. The minimum Gasteiger partial charge on any atom is -0.395 e. The molecular weight excluding hydrogens is 292 g/mol. The fraction of sp³-hybridized carbons (Fsp3) is 0.538. The number of aliphatic hydroxyl groups is 1. The van der Waals surface area contributed by atoms with E-state index in [2.05, 4.69) is 27.2 Å². The van der Waals surface area contributed by atoms with Gasteiger partial charge in [-0.15, -0.1) is 11.3 Å². The van der Waals surface area contributed by atoms with Crippen LogP contribution in [0.1, 0.15) is 10.4 Å². The maximum atomic E-state index is 9.03. The van der Waals surface area contributed by atoms with Crippen LogP contribution in [-0.2, 0) is 13.0 Å². The Morgan fingerprint density at radius 2 is 2.30 bits per heavy atom. The van der Waals surface area contributed by atoms with E-state index in [0.29, 0.717) is 6.54 Å². The molecule has 0 aromatic carbocycles. The molecule has 0 saturated carbocycles. The normalized spacial score (nSPS) is 15.6. The summed E-state index contributed by atoms with van der Waals surface area (Å²) in [6, 6.07) is 0. The maximum Gasteiger partial charge on any atom is 0.190 e. The molecule has 0 saturated heterocycles. The molecule has 2 N–H and O–H groups in total. The van der Waals surface area contributed by atoms with Gasteiger partial charge < -0.3 is 15.3 Å². The number of thioether (sulfide) groups is 1. The zero-order chi connectivity index (χ0) is 14.1. The van der Waals surface area contributed by atoms with Crippen LogP contribution in [0.2, 0.25) is 0 Å². The summed E-state index contributed by atoms with van der Waals surface area (Å²) in [5.41, 5.74) is 1.39. The second-order valence-electron chi connectivity index (χ2n) is 4.88. The second kappa shape index (κ2) is 5.85. The van der Waals surface area contributed by atoms with Crippen molar-refractivity contribution in [3.05, 3.63) is 10.4 Å². The molecule has 3 heterocycles. The van der Waals surface area contributed by atoms with E-state index in [-0.39, 0.29) is 6.61 Å². The van der Waals surface area contributed by atoms with Gasteiger partial charge in [0.1, 0.15) is 10.6 Å². The number of rotatable bonds is 4. The number of anilines is 1. The van der Waals surface area contributed by atoms with Gasteiger partial charge in [-0.25, -0.2) is 9.97 Å². The van der Waals surface area contributed by atoms with Crippen LogP contribution in [0.4, 0.5) is 5.82 Å². The third-order valence-corrected chi connectivity index (χ3v) is 5.12. The van der Waals surface area contributed by atoms with E-state index in [1.165, 1.54) is 10.4 Å². The fourth-order valence-corrected chi connectivity index (χ4v) is 4.22. The van der Waals surface area contributed by atoms with Crippen LogP contribution in [0.3, 0.4) is 0 Å². The van der Waals surface area contributed by atoms with E-state index in [4.69, 9.17) is 5.11 Å². The van der Waals surface area contributed by atoms with Gasteiger partial charge in [0.25, 0.3) is 0 Å². The first-order valence-corrected chi connectivity index (χ1v) is 8.66. The lowest BCUT2D eigenvalue weighted by atomic mass is 10.1. The Bertz CT molecular complexity index is 628. The average molecular weight is 310 g/mol. The third-order valence-electron chi connectivity index (χ3n) is 3.46. The highest BCUT2D eigenvalue weighted by Crippen LogP contribution is 2.38. The van der Waals surface area contributed by atoms with Crippen molar-refractivity contribution in [3.8, 4) is 0 Å². The van der Waals surface area contributed by atoms with Crippen molar-refractivity contribution in [3.63, 3.8) is 0 Å². The number of aliphatic hydroxyl groups excluding tert-OH is 1. The quantitative estimate of drug-likeness (QED) is 0.663. The largest absolute Gasteiger partial charge is 0.395 e. The first kappa shape index (κ1) is 14.1. The van der Waals surface area contributed by atoms with Crippen LogP contribution in [0.15, 0.2) is 5.16 Å². The molecule has 0 fully saturated rings. The Hall–Kier alpha value is -0.890. The Balaban J connectivity index is 2.13. The van der Waals surface area contributed by atoms with Crippen LogP contribution in [0.25, 0.3) is 10.2 Å². The summed E-state index contributed by atoms with van der Waals surface area (Å²) in [5, 5.41) is 14.2. The van der Waals surface area contributed by atoms with Crippen LogP contribution < -0.4 is 5.32 Å². The first-order valence-electron chi connectivity index (χ1n) is 6.62. The molecule has 0 aliphatic carbocycles. The highest BCUT2D eigenvalue weighted by Gasteiger charge is 2.22. The number of nitrogens with one attached hydrogen (secondary N) is 1. The molecule has 0 radical (unpaired) electrons. The molecular formula is C13H18N4OS2. The van der Waals surface area contributed by atoms with Crippen molar-refractivity contribution in [2.75, 3.05) is 38.3 Å². The van der Waals surface area contributed by atoms with E-state index in [1.807, 2.05) is 6.26 Å². The van der Waals surface area contributed by atoms with Crippen molar-refractivity contribution in [2.45, 2.75) is 18.1 Å². The standard InChI is InChI=1S/C13H18N4OS2/c1-17-5-3-8-9(7-17)20-12-10(8)11(14-4-6-18)15-13(16-12)19-2/h18H,3-7H2,1-2H3,(H,14,15,16). The zero-order valence-corrected chi connectivity index (χ0v) is 13.3. The Morgan fingerprint density at radius 1 is 1.45 bits per heavy atom. The highest BCUT2D eigenvalue weighted by molar-refractivity contribution is 7.98. The fourth-order valence-electron chi connectivity index (χ4n) is 2.50. The molecule has 2 aromatic heterocycles. The molecule has 0 unspecified atom stereocenters. The maximum absolute atomic E-state index is 9.03. The predicted molar refractivity (Wildman–Crippen MR) is 84.8 cm³/mol. The van der Waals surface area contributed by atoms with Gasteiger partial charge in [0.05, 0.1) is 12.0 Å². The van der Waals surface area contributed by atoms with Crippen molar-refractivity contribution in [1.29, 1.82) is 0 Å². The number of nitrogens with zero attached hydrogens (tertiary/aromatic N) is 3. The lowest BCUT2D eigenvalue weighted by Gasteiger charge is -2.22. The number of aromatic nitrogens is 2. The van der Waals surface area contributed by atoms with Gasteiger partial charge in [-0.05, 0) is 25.3 Å². The summed E-state index contributed by atoms with van der Waals surface area (Å²) in [5.74, 6) is 0.871. The van der Waals surface area contributed by atoms with Crippen LogP contribution >= 0.6 is 23.1 Å². The van der Waals surface area contributed by atoms with E-state index >= 15 is 0 Å². The monoisotopic (exact) mass is 310 g/mol. The van der Waals surface area contributed by atoms with Crippen LogP contribution in [0.5, 0.6) is 0 Å². The van der Waals surface area contributed by atoms with Crippen LogP contribution in [-0.4, -0.2) is 53.0 Å². The van der Waals surface area contributed by atoms with E-state index in [9.17, 15) is 0 Å². The number of hydrogen-bond donors (Lipinski definition) is 2. The molecule has 0 atom stereocenters. The number of thiophene rings is 1. The van der Waals surface area contributed by atoms with Crippen molar-refractivity contribution >= 4 is 39.1 Å². The summed E-state index contributed by atoms with van der Waals surface area (Å²) >= 11 is 3.32. The van der Waals surface area contributed by atoms with Gasteiger partial charge in [-0.3, -0.25) is 0 Å². The summed E-state index contributed by atoms with van der Waals surface area (Å²) in [7, 11) is 2.15.